The van der Waals surface area contributed by atoms with E-state index in [-0.39, 0.29) is 6.04 Å². The standard InChI is InChI=1S/C22H25N5O/c1-28-18-9-6-7-16(13-18)19-14-25-22(23)26-21(19)20-10-3-5-12-27(20)15-17-8-2-4-11-24-17/h2,4,6-9,11,13-14,20H,3,5,10,12,15H2,1H3,(H2,23,25,26)/t20-/m0/s1. The number of likely N-dealkylation sites (tertiary alicyclic amines) is 1. The molecule has 0 unspecified atom stereocenters. The minimum absolute atomic E-state index is 0.183. The van der Waals surface area contributed by atoms with Gasteiger partial charge in [0.25, 0.3) is 0 Å². The summed E-state index contributed by atoms with van der Waals surface area (Å²) in [7, 11) is 1.68. The van der Waals surface area contributed by atoms with Crippen LogP contribution in [0, 0.1) is 0 Å². The minimum Gasteiger partial charge on any atom is -0.497 e. The number of benzene rings is 1. The van der Waals surface area contributed by atoms with E-state index in [4.69, 9.17) is 10.5 Å². The molecule has 2 N–H and O–H groups in total. The number of hydrogen-bond acceptors (Lipinski definition) is 6. The summed E-state index contributed by atoms with van der Waals surface area (Å²) in [5.41, 5.74) is 10.1. The fraction of sp³-hybridized carbons (Fsp3) is 0.318. The first-order valence-corrected chi connectivity index (χ1v) is 9.65. The number of ether oxygens (including phenoxy) is 1. The molecule has 6 nitrogen and oxygen atoms in total. The van der Waals surface area contributed by atoms with Crippen LogP contribution in [0.2, 0.25) is 0 Å². The van der Waals surface area contributed by atoms with Crippen LogP contribution in [0.15, 0.2) is 54.9 Å². The van der Waals surface area contributed by atoms with Gasteiger partial charge in [0.05, 0.1) is 24.5 Å². The van der Waals surface area contributed by atoms with Gasteiger partial charge in [-0.15, -0.1) is 0 Å². The smallest absolute Gasteiger partial charge is 0.220 e. The first-order valence-electron chi connectivity index (χ1n) is 9.65. The highest BCUT2D eigenvalue weighted by atomic mass is 16.5. The maximum Gasteiger partial charge on any atom is 0.220 e. The summed E-state index contributed by atoms with van der Waals surface area (Å²) in [5.74, 6) is 1.12. The third-order valence-electron chi connectivity index (χ3n) is 5.24. The molecule has 1 saturated heterocycles. The molecule has 3 aromatic rings. The number of methoxy groups -OCH3 is 1. The van der Waals surface area contributed by atoms with Crippen molar-refractivity contribution >= 4 is 5.95 Å². The van der Waals surface area contributed by atoms with Gasteiger partial charge in [-0.2, -0.15) is 0 Å². The zero-order chi connectivity index (χ0) is 19.3. The van der Waals surface area contributed by atoms with Crippen molar-refractivity contribution < 1.29 is 4.74 Å². The van der Waals surface area contributed by atoms with Gasteiger partial charge < -0.3 is 10.5 Å². The predicted octanol–water partition coefficient (Wildman–Crippen LogP) is 3.86. The normalized spacial score (nSPS) is 17.4. The molecule has 2 aromatic heterocycles. The van der Waals surface area contributed by atoms with Crippen molar-refractivity contribution in [3.8, 4) is 16.9 Å². The van der Waals surface area contributed by atoms with Gasteiger partial charge >= 0.3 is 0 Å². The fourth-order valence-electron chi connectivity index (χ4n) is 3.87. The van der Waals surface area contributed by atoms with Crippen LogP contribution in [0.25, 0.3) is 11.1 Å². The molecule has 0 spiro atoms. The molecule has 4 rings (SSSR count). The van der Waals surface area contributed by atoms with Gasteiger partial charge in [0.1, 0.15) is 5.75 Å². The largest absolute Gasteiger partial charge is 0.497 e. The minimum atomic E-state index is 0.183. The van der Waals surface area contributed by atoms with Crippen molar-refractivity contribution in [1.82, 2.24) is 19.9 Å². The number of hydrogen-bond donors (Lipinski definition) is 1. The molecule has 3 heterocycles. The van der Waals surface area contributed by atoms with E-state index >= 15 is 0 Å². The van der Waals surface area contributed by atoms with Crippen molar-refractivity contribution in [3.63, 3.8) is 0 Å². The van der Waals surface area contributed by atoms with E-state index in [0.717, 1.165) is 47.8 Å². The van der Waals surface area contributed by atoms with Crippen LogP contribution in [0.5, 0.6) is 5.75 Å². The third-order valence-corrected chi connectivity index (χ3v) is 5.24. The zero-order valence-corrected chi connectivity index (χ0v) is 16.1. The van der Waals surface area contributed by atoms with Crippen LogP contribution in [0.4, 0.5) is 5.95 Å². The van der Waals surface area contributed by atoms with Crippen LogP contribution in [0.3, 0.4) is 0 Å². The molecular formula is C22H25N5O. The highest BCUT2D eigenvalue weighted by Gasteiger charge is 2.28. The molecule has 0 radical (unpaired) electrons. The molecule has 0 aliphatic carbocycles. The monoisotopic (exact) mass is 375 g/mol. The Bertz CT molecular complexity index is 931. The average Bonchev–Trinajstić information content (AvgIpc) is 2.75. The van der Waals surface area contributed by atoms with E-state index < -0.39 is 0 Å². The summed E-state index contributed by atoms with van der Waals surface area (Å²) < 4.78 is 5.40. The fourth-order valence-corrected chi connectivity index (χ4v) is 3.87. The summed E-state index contributed by atoms with van der Waals surface area (Å²) >= 11 is 0. The maximum atomic E-state index is 5.99. The Morgan fingerprint density at radius 2 is 2.07 bits per heavy atom. The van der Waals surface area contributed by atoms with Crippen LogP contribution in [-0.4, -0.2) is 33.5 Å². The number of nitrogens with zero attached hydrogens (tertiary/aromatic N) is 4. The number of aromatic nitrogens is 3. The Hall–Kier alpha value is -2.99. The third kappa shape index (κ3) is 3.97. The van der Waals surface area contributed by atoms with Crippen LogP contribution >= 0.6 is 0 Å². The second kappa shape index (κ2) is 8.35. The second-order valence-electron chi connectivity index (χ2n) is 7.06. The molecule has 1 aliphatic heterocycles. The van der Waals surface area contributed by atoms with E-state index in [1.54, 1.807) is 7.11 Å². The summed E-state index contributed by atoms with van der Waals surface area (Å²) in [6.07, 6.45) is 7.07. The van der Waals surface area contributed by atoms with Crippen molar-refractivity contribution in [1.29, 1.82) is 0 Å². The highest BCUT2D eigenvalue weighted by Crippen LogP contribution is 2.37. The van der Waals surface area contributed by atoms with Crippen molar-refractivity contribution in [2.24, 2.45) is 0 Å². The molecule has 1 fully saturated rings. The molecule has 0 bridgehead atoms. The number of nitrogens with two attached hydrogens (primary N) is 1. The Labute approximate surface area is 165 Å². The van der Waals surface area contributed by atoms with Crippen molar-refractivity contribution in [2.75, 3.05) is 19.4 Å². The van der Waals surface area contributed by atoms with Gasteiger partial charge in [0.15, 0.2) is 0 Å². The van der Waals surface area contributed by atoms with Crippen LogP contribution < -0.4 is 10.5 Å². The Kier molecular flexibility index (Phi) is 5.48. The Morgan fingerprint density at radius 3 is 2.89 bits per heavy atom. The lowest BCUT2D eigenvalue weighted by Gasteiger charge is -2.36. The van der Waals surface area contributed by atoms with E-state index in [9.17, 15) is 0 Å². The molecule has 0 amide bonds. The van der Waals surface area contributed by atoms with Gasteiger partial charge in [-0.3, -0.25) is 9.88 Å². The first-order chi connectivity index (χ1) is 13.7. The summed E-state index contributed by atoms with van der Waals surface area (Å²) in [5, 5.41) is 0. The number of nitrogen functional groups attached to an aromatic ring is 1. The molecule has 1 aliphatic rings. The zero-order valence-electron chi connectivity index (χ0n) is 16.1. The van der Waals surface area contributed by atoms with Gasteiger partial charge in [-0.05, 0) is 49.2 Å². The molecule has 1 atom stereocenters. The number of pyridine rings is 1. The predicted molar refractivity (Wildman–Crippen MR) is 110 cm³/mol. The van der Waals surface area contributed by atoms with Crippen molar-refractivity contribution in [3.05, 3.63) is 66.2 Å². The topological polar surface area (TPSA) is 77.2 Å². The van der Waals surface area contributed by atoms with Crippen LogP contribution in [-0.2, 0) is 6.54 Å². The van der Waals surface area contributed by atoms with E-state index in [0.29, 0.717) is 5.95 Å². The molecule has 144 valence electrons. The second-order valence-corrected chi connectivity index (χ2v) is 7.06. The van der Waals surface area contributed by atoms with Gasteiger partial charge in [-0.25, -0.2) is 9.97 Å². The van der Waals surface area contributed by atoms with E-state index in [1.165, 1.54) is 12.8 Å². The lowest BCUT2D eigenvalue weighted by molar-refractivity contribution is 0.136. The molecule has 6 heteroatoms. The molecule has 0 saturated carbocycles. The number of piperidine rings is 1. The van der Waals surface area contributed by atoms with Gasteiger partial charge in [0.2, 0.25) is 5.95 Å². The maximum absolute atomic E-state index is 5.99. The van der Waals surface area contributed by atoms with E-state index in [1.807, 2.05) is 42.7 Å². The lowest BCUT2D eigenvalue weighted by atomic mass is 9.93. The Morgan fingerprint density at radius 1 is 1.14 bits per heavy atom. The summed E-state index contributed by atoms with van der Waals surface area (Å²) in [6, 6.07) is 14.2. The average molecular weight is 375 g/mol. The lowest BCUT2D eigenvalue weighted by Crippen LogP contribution is -2.34. The number of anilines is 1. The molecule has 1 aromatic carbocycles. The van der Waals surface area contributed by atoms with Gasteiger partial charge in [0, 0.05) is 24.5 Å². The summed E-state index contributed by atoms with van der Waals surface area (Å²) in [6.45, 7) is 1.82. The highest BCUT2D eigenvalue weighted by molar-refractivity contribution is 5.67. The van der Waals surface area contributed by atoms with Crippen LogP contribution in [0.1, 0.15) is 36.7 Å². The summed E-state index contributed by atoms with van der Waals surface area (Å²) in [4.78, 5) is 15.9. The quantitative estimate of drug-likeness (QED) is 0.730. The molecular weight excluding hydrogens is 350 g/mol. The first kappa shape index (κ1) is 18.4. The Balaban J connectivity index is 1.72. The van der Waals surface area contributed by atoms with Gasteiger partial charge in [-0.1, -0.05) is 24.6 Å². The number of rotatable bonds is 5. The SMILES string of the molecule is COc1cccc(-c2cnc(N)nc2[C@@H]2CCCCN2Cc2ccccn2)c1. The van der Waals surface area contributed by atoms with E-state index in [2.05, 4.69) is 32.0 Å². The van der Waals surface area contributed by atoms with Crippen molar-refractivity contribution in [2.45, 2.75) is 31.8 Å². The molecule has 28 heavy (non-hydrogen) atoms.